The minimum atomic E-state index is -0.824. The molecule has 0 bridgehead atoms. The van der Waals surface area contributed by atoms with Crippen molar-refractivity contribution in [1.29, 1.82) is 0 Å². The van der Waals surface area contributed by atoms with Crippen LogP contribution in [0.15, 0.2) is 18.2 Å². The number of ether oxygens (including phenoxy) is 1. The highest BCUT2D eigenvalue weighted by atomic mass is 35.5. The van der Waals surface area contributed by atoms with E-state index in [9.17, 15) is 4.79 Å². The molecule has 84 valence electrons. The molecule has 3 nitrogen and oxygen atoms in total. The molecule has 1 atom stereocenters. The predicted molar refractivity (Wildman–Crippen MR) is 62.7 cm³/mol. The molecule has 0 aliphatic carbocycles. The molecule has 0 aliphatic heterocycles. The normalized spacial score (nSPS) is 11.5. The summed E-state index contributed by atoms with van der Waals surface area (Å²) in [6.07, 6.45) is 0. The molecule has 0 aromatic heterocycles. The van der Waals surface area contributed by atoms with Crippen molar-refractivity contribution >= 4 is 41.6 Å². The third-order valence-corrected chi connectivity index (χ3v) is 2.50. The first kappa shape index (κ1) is 14.5. The number of nitrogens with two attached hydrogens (primary N) is 1. The molecule has 0 radical (unpaired) electrons. The molecule has 1 unspecified atom stereocenters. The van der Waals surface area contributed by atoms with Gasteiger partial charge in [0, 0.05) is 0 Å². The van der Waals surface area contributed by atoms with Gasteiger partial charge in [-0.1, -0.05) is 29.3 Å². The van der Waals surface area contributed by atoms with Crippen molar-refractivity contribution in [2.75, 3.05) is 7.11 Å². The van der Waals surface area contributed by atoms with E-state index in [1.807, 2.05) is 0 Å². The average molecular weight is 271 g/mol. The van der Waals surface area contributed by atoms with Crippen molar-refractivity contribution < 1.29 is 9.53 Å². The monoisotopic (exact) mass is 269 g/mol. The Morgan fingerprint density at radius 2 is 2.00 bits per heavy atom. The zero-order chi connectivity index (χ0) is 10.7. The summed E-state index contributed by atoms with van der Waals surface area (Å²) in [5.74, 6) is -0.511. The fourth-order valence-corrected chi connectivity index (χ4v) is 1.28. The number of carbonyl (C=O) groups is 1. The van der Waals surface area contributed by atoms with Gasteiger partial charge in [0.25, 0.3) is 0 Å². The Hall–Kier alpha value is -0.480. The fraction of sp³-hybridized carbons (Fsp3) is 0.222. The number of carbonyl (C=O) groups excluding carboxylic acids is 1. The van der Waals surface area contributed by atoms with Crippen LogP contribution in [0.25, 0.3) is 0 Å². The van der Waals surface area contributed by atoms with Crippen LogP contribution < -0.4 is 5.73 Å². The molecule has 1 aromatic carbocycles. The number of methoxy groups -OCH3 is 1. The van der Waals surface area contributed by atoms with E-state index in [0.717, 1.165) is 0 Å². The quantitative estimate of drug-likeness (QED) is 0.841. The zero-order valence-corrected chi connectivity index (χ0v) is 10.2. The predicted octanol–water partition coefficient (Wildman–Crippen LogP) is 2.59. The van der Waals surface area contributed by atoms with E-state index in [4.69, 9.17) is 28.9 Å². The van der Waals surface area contributed by atoms with Gasteiger partial charge in [0.2, 0.25) is 0 Å². The van der Waals surface area contributed by atoms with Crippen molar-refractivity contribution in [2.45, 2.75) is 6.04 Å². The van der Waals surface area contributed by atoms with Crippen LogP contribution >= 0.6 is 35.6 Å². The maximum Gasteiger partial charge on any atom is 0.327 e. The van der Waals surface area contributed by atoms with E-state index in [1.54, 1.807) is 18.2 Å². The van der Waals surface area contributed by atoms with Crippen molar-refractivity contribution in [2.24, 2.45) is 5.73 Å². The van der Waals surface area contributed by atoms with Crippen molar-refractivity contribution in [3.8, 4) is 0 Å². The molecule has 2 N–H and O–H groups in total. The molecule has 15 heavy (non-hydrogen) atoms. The maximum absolute atomic E-state index is 11.1. The van der Waals surface area contributed by atoms with Crippen LogP contribution in [0.3, 0.4) is 0 Å². The third kappa shape index (κ3) is 3.54. The van der Waals surface area contributed by atoms with Crippen molar-refractivity contribution in [3.05, 3.63) is 33.8 Å². The van der Waals surface area contributed by atoms with Gasteiger partial charge in [-0.2, -0.15) is 0 Å². The summed E-state index contributed by atoms with van der Waals surface area (Å²) in [5, 5.41) is 0.788. The Morgan fingerprint density at radius 1 is 1.40 bits per heavy atom. The molecule has 0 heterocycles. The molecule has 0 saturated carbocycles. The van der Waals surface area contributed by atoms with Gasteiger partial charge in [0.05, 0.1) is 17.2 Å². The Morgan fingerprint density at radius 3 is 2.47 bits per heavy atom. The number of hydrogen-bond donors (Lipinski definition) is 1. The number of rotatable bonds is 2. The Bertz CT molecular complexity index is 357. The molecule has 1 aromatic rings. The minimum absolute atomic E-state index is 0. The minimum Gasteiger partial charge on any atom is -0.468 e. The van der Waals surface area contributed by atoms with Crippen LogP contribution in [-0.2, 0) is 9.53 Å². The zero-order valence-electron chi connectivity index (χ0n) is 7.87. The fourth-order valence-electron chi connectivity index (χ4n) is 0.969. The van der Waals surface area contributed by atoms with Crippen LogP contribution in [0.5, 0.6) is 0 Å². The summed E-state index contributed by atoms with van der Waals surface area (Å²) < 4.78 is 4.50. The van der Waals surface area contributed by atoms with E-state index in [-0.39, 0.29) is 12.4 Å². The van der Waals surface area contributed by atoms with Gasteiger partial charge in [-0.05, 0) is 17.7 Å². The Labute approximate surface area is 104 Å². The second-order valence-corrected chi connectivity index (χ2v) is 3.49. The topological polar surface area (TPSA) is 52.3 Å². The first-order chi connectivity index (χ1) is 6.56. The van der Waals surface area contributed by atoms with Crippen LogP contribution in [0.2, 0.25) is 10.0 Å². The van der Waals surface area contributed by atoms with Crippen LogP contribution in [-0.4, -0.2) is 13.1 Å². The second-order valence-electron chi connectivity index (χ2n) is 2.67. The third-order valence-electron chi connectivity index (χ3n) is 1.76. The molecular weight excluding hydrogens is 260 g/mol. The molecule has 0 spiro atoms. The van der Waals surface area contributed by atoms with Crippen molar-refractivity contribution in [3.63, 3.8) is 0 Å². The highest BCUT2D eigenvalue weighted by Crippen LogP contribution is 2.25. The molecule has 0 saturated heterocycles. The summed E-state index contributed by atoms with van der Waals surface area (Å²) in [5.41, 5.74) is 6.17. The lowest BCUT2D eigenvalue weighted by Crippen LogP contribution is -2.22. The molecule has 0 fully saturated rings. The van der Waals surface area contributed by atoms with Crippen LogP contribution in [0.4, 0.5) is 0 Å². The van der Waals surface area contributed by atoms with Crippen molar-refractivity contribution in [1.82, 2.24) is 0 Å². The summed E-state index contributed by atoms with van der Waals surface area (Å²) in [7, 11) is 1.28. The van der Waals surface area contributed by atoms with Crippen LogP contribution in [0.1, 0.15) is 11.6 Å². The van der Waals surface area contributed by atoms with Gasteiger partial charge >= 0.3 is 5.97 Å². The number of halogens is 3. The molecular formula is C9H10Cl3NO2. The first-order valence-corrected chi connectivity index (χ1v) is 4.60. The largest absolute Gasteiger partial charge is 0.468 e. The standard InChI is InChI=1S/C9H9Cl2NO2.ClH/c1-14-9(13)8(12)5-2-3-6(10)7(11)4-5;/h2-4,8H,12H2,1H3;1H. The van der Waals surface area contributed by atoms with E-state index >= 15 is 0 Å². The highest BCUT2D eigenvalue weighted by molar-refractivity contribution is 6.42. The van der Waals surface area contributed by atoms with Crippen LogP contribution in [0, 0.1) is 0 Å². The Balaban J connectivity index is 0.00000196. The number of hydrogen-bond acceptors (Lipinski definition) is 3. The van der Waals surface area contributed by atoms with Gasteiger partial charge in [-0.25, -0.2) is 0 Å². The lowest BCUT2D eigenvalue weighted by Gasteiger charge is -2.09. The lowest BCUT2D eigenvalue weighted by molar-refractivity contribution is -0.142. The number of esters is 1. The SMILES string of the molecule is COC(=O)C(N)c1ccc(Cl)c(Cl)c1.Cl. The van der Waals surface area contributed by atoms with E-state index < -0.39 is 12.0 Å². The lowest BCUT2D eigenvalue weighted by atomic mass is 10.1. The van der Waals surface area contributed by atoms with Gasteiger partial charge in [0.15, 0.2) is 0 Å². The van der Waals surface area contributed by atoms with Gasteiger partial charge < -0.3 is 10.5 Å². The van der Waals surface area contributed by atoms with E-state index in [1.165, 1.54) is 7.11 Å². The molecule has 0 aliphatic rings. The number of benzene rings is 1. The average Bonchev–Trinajstić information content (AvgIpc) is 2.20. The Kier molecular flexibility index (Phi) is 5.98. The van der Waals surface area contributed by atoms with Gasteiger partial charge in [0.1, 0.15) is 6.04 Å². The highest BCUT2D eigenvalue weighted by Gasteiger charge is 2.16. The first-order valence-electron chi connectivity index (χ1n) is 3.84. The molecule has 0 amide bonds. The maximum atomic E-state index is 11.1. The van der Waals surface area contributed by atoms with E-state index in [0.29, 0.717) is 15.6 Å². The summed E-state index contributed by atoms with van der Waals surface area (Å²) >= 11 is 11.5. The summed E-state index contributed by atoms with van der Waals surface area (Å²) in [6, 6.07) is 3.94. The molecule has 6 heteroatoms. The second kappa shape index (κ2) is 6.18. The van der Waals surface area contributed by atoms with Gasteiger partial charge in [-0.3, -0.25) is 4.79 Å². The summed E-state index contributed by atoms with van der Waals surface area (Å²) in [6.45, 7) is 0. The van der Waals surface area contributed by atoms with Gasteiger partial charge in [-0.15, -0.1) is 12.4 Å². The summed E-state index contributed by atoms with van der Waals surface area (Å²) in [4.78, 5) is 11.1. The van der Waals surface area contributed by atoms with E-state index in [2.05, 4.69) is 4.74 Å². The smallest absolute Gasteiger partial charge is 0.327 e. The molecule has 1 rings (SSSR count).